The molecule has 9 heteroatoms. The average Bonchev–Trinajstić information content (AvgIpc) is 3.11. The molecule has 1 aromatic heterocycles. The van der Waals surface area contributed by atoms with E-state index in [4.69, 9.17) is 4.84 Å². The minimum Gasteiger partial charge on any atom is -0.322 e. The van der Waals surface area contributed by atoms with Crippen molar-refractivity contribution in [1.29, 1.82) is 0 Å². The van der Waals surface area contributed by atoms with Gasteiger partial charge < -0.3 is 5.32 Å². The first-order valence-corrected chi connectivity index (χ1v) is 8.96. The van der Waals surface area contributed by atoms with Gasteiger partial charge in [-0.3, -0.25) is 14.7 Å². The summed E-state index contributed by atoms with van der Waals surface area (Å²) in [5.74, 6) is -1.09. The number of amides is 1. The third-order valence-electron chi connectivity index (χ3n) is 4.77. The highest BCUT2D eigenvalue weighted by Gasteiger charge is 2.40. The van der Waals surface area contributed by atoms with Crippen LogP contribution in [0.2, 0.25) is 0 Å². The minimum atomic E-state index is -0.672. The van der Waals surface area contributed by atoms with E-state index in [2.05, 4.69) is 20.8 Å². The maximum atomic E-state index is 13.6. The summed E-state index contributed by atoms with van der Waals surface area (Å²) in [5, 5.41) is 2.41. The maximum Gasteiger partial charge on any atom is 0.238 e. The molecule has 0 saturated carbocycles. The Kier molecular flexibility index (Phi) is 5.01. The number of likely N-dealkylation sites (tertiary alicyclic amines) is 1. The predicted octanol–water partition coefficient (Wildman–Crippen LogP) is 2.07. The van der Waals surface area contributed by atoms with E-state index in [0.717, 1.165) is 18.2 Å². The van der Waals surface area contributed by atoms with Crippen LogP contribution in [0.5, 0.6) is 0 Å². The summed E-state index contributed by atoms with van der Waals surface area (Å²) >= 11 is 0. The second kappa shape index (κ2) is 7.61. The van der Waals surface area contributed by atoms with E-state index in [1.165, 1.54) is 0 Å². The van der Waals surface area contributed by atoms with Gasteiger partial charge in [0.25, 0.3) is 0 Å². The van der Waals surface area contributed by atoms with E-state index in [0.29, 0.717) is 37.5 Å². The largest absolute Gasteiger partial charge is 0.322 e. The molecular weight excluding hydrogens is 368 g/mol. The van der Waals surface area contributed by atoms with Gasteiger partial charge in [-0.05, 0) is 24.3 Å². The van der Waals surface area contributed by atoms with Crippen molar-refractivity contribution in [3.8, 4) is 0 Å². The highest BCUT2D eigenvalue weighted by atomic mass is 19.1. The number of piperidine rings is 1. The van der Waals surface area contributed by atoms with Gasteiger partial charge >= 0.3 is 0 Å². The summed E-state index contributed by atoms with van der Waals surface area (Å²) in [7, 11) is 0. The van der Waals surface area contributed by atoms with Crippen LogP contribution >= 0.6 is 0 Å². The number of amidine groups is 1. The van der Waals surface area contributed by atoms with Gasteiger partial charge in [0, 0.05) is 38.2 Å². The molecule has 146 valence electrons. The average molecular weight is 387 g/mol. The molecule has 2 aliphatic rings. The fraction of sp³-hybridized carbons (Fsp3) is 0.316. The van der Waals surface area contributed by atoms with E-state index in [1.54, 1.807) is 6.20 Å². The van der Waals surface area contributed by atoms with E-state index >= 15 is 0 Å². The van der Waals surface area contributed by atoms with Gasteiger partial charge in [-0.25, -0.2) is 24.1 Å². The quantitative estimate of drug-likeness (QED) is 0.840. The summed E-state index contributed by atoms with van der Waals surface area (Å²) in [6.45, 7) is 1.25. The second-order valence-corrected chi connectivity index (χ2v) is 6.77. The summed E-state index contributed by atoms with van der Waals surface area (Å²) in [6.07, 6.45) is 2.88. The highest BCUT2D eigenvalue weighted by molar-refractivity contribution is 5.97. The third-order valence-corrected chi connectivity index (χ3v) is 4.77. The van der Waals surface area contributed by atoms with Gasteiger partial charge in [0.05, 0.1) is 12.2 Å². The Balaban J connectivity index is 1.33. The van der Waals surface area contributed by atoms with Crippen LogP contribution in [-0.4, -0.2) is 47.0 Å². The first-order valence-electron chi connectivity index (χ1n) is 8.96. The topological polar surface area (TPSA) is 78.9 Å². The number of aromatic nitrogens is 1. The Bertz CT molecular complexity index is 898. The van der Waals surface area contributed by atoms with Crippen LogP contribution in [0.15, 0.2) is 47.6 Å². The number of benzene rings is 1. The van der Waals surface area contributed by atoms with Crippen LogP contribution in [0.3, 0.4) is 0 Å². The monoisotopic (exact) mass is 387 g/mol. The molecule has 1 aromatic carbocycles. The van der Waals surface area contributed by atoms with Crippen LogP contribution in [0.25, 0.3) is 0 Å². The van der Waals surface area contributed by atoms with Crippen LogP contribution < -0.4 is 10.8 Å². The molecule has 7 nitrogen and oxygen atoms in total. The number of aliphatic imine (C=N–C) groups is 1. The molecule has 1 spiro atoms. The number of hydrogen-bond acceptors (Lipinski definition) is 6. The summed E-state index contributed by atoms with van der Waals surface area (Å²) < 4.78 is 26.9. The fourth-order valence-electron chi connectivity index (χ4n) is 3.27. The van der Waals surface area contributed by atoms with Crippen molar-refractivity contribution < 1.29 is 18.4 Å². The number of carbonyl (C=O) groups excluding carboxylic acids is 1. The smallest absolute Gasteiger partial charge is 0.238 e. The summed E-state index contributed by atoms with van der Waals surface area (Å²) in [5.41, 5.74) is 2.72. The number of halogens is 2. The van der Waals surface area contributed by atoms with Crippen LogP contribution in [0.4, 0.5) is 14.5 Å². The molecule has 0 bridgehead atoms. The van der Waals surface area contributed by atoms with Crippen molar-refractivity contribution in [3.05, 3.63) is 59.9 Å². The van der Waals surface area contributed by atoms with Crippen molar-refractivity contribution in [3.63, 3.8) is 0 Å². The Morgan fingerprint density at radius 1 is 1.25 bits per heavy atom. The van der Waals surface area contributed by atoms with Gasteiger partial charge in [-0.1, -0.05) is 6.07 Å². The summed E-state index contributed by atoms with van der Waals surface area (Å²) in [6, 6.07) is 8.50. The van der Waals surface area contributed by atoms with Gasteiger partial charge in [0.15, 0.2) is 11.6 Å². The zero-order valence-electron chi connectivity index (χ0n) is 15.0. The van der Waals surface area contributed by atoms with E-state index in [1.807, 2.05) is 23.1 Å². The Hall–Kier alpha value is -2.91. The van der Waals surface area contributed by atoms with Crippen LogP contribution in [0, 0.1) is 11.6 Å². The van der Waals surface area contributed by atoms with Crippen LogP contribution in [-0.2, 0) is 9.63 Å². The van der Waals surface area contributed by atoms with E-state index in [-0.39, 0.29) is 12.2 Å². The molecule has 28 heavy (non-hydrogen) atoms. The highest BCUT2D eigenvalue weighted by Crippen LogP contribution is 2.30. The molecular formula is C19H19F2N5O2. The molecule has 1 fully saturated rings. The van der Waals surface area contributed by atoms with Crippen molar-refractivity contribution in [1.82, 2.24) is 15.4 Å². The lowest BCUT2D eigenvalue weighted by molar-refractivity contribution is -0.120. The number of anilines is 1. The predicted molar refractivity (Wildman–Crippen MR) is 98.4 cm³/mol. The number of hydroxylamine groups is 1. The number of hydrogen-bond donors (Lipinski definition) is 2. The molecule has 0 unspecified atom stereocenters. The van der Waals surface area contributed by atoms with Crippen molar-refractivity contribution in [2.24, 2.45) is 4.99 Å². The lowest BCUT2D eigenvalue weighted by Crippen LogP contribution is -2.46. The Morgan fingerprint density at radius 2 is 2.07 bits per heavy atom. The first-order chi connectivity index (χ1) is 13.5. The van der Waals surface area contributed by atoms with Crippen molar-refractivity contribution in [2.45, 2.75) is 18.6 Å². The molecule has 3 heterocycles. The van der Waals surface area contributed by atoms with Crippen molar-refractivity contribution >= 4 is 17.4 Å². The van der Waals surface area contributed by atoms with Gasteiger partial charge in [0.1, 0.15) is 17.3 Å². The lowest BCUT2D eigenvalue weighted by atomic mass is 10.0. The Labute approximate surface area is 160 Å². The third kappa shape index (κ3) is 4.00. The Morgan fingerprint density at radius 3 is 2.82 bits per heavy atom. The number of pyridine rings is 1. The molecule has 1 amide bonds. The lowest BCUT2D eigenvalue weighted by Gasteiger charge is -2.35. The molecule has 0 atom stereocenters. The molecule has 4 rings (SSSR count). The molecule has 1 saturated heterocycles. The van der Waals surface area contributed by atoms with Gasteiger partial charge in [-0.2, -0.15) is 0 Å². The van der Waals surface area contributed by atoms with Crippen LogP contribution in [0.1, 0.15) is 18.5 Å². The second-order valence-electron chi connectivity index (χ2n) is 6.77. The molecule has 2 N–H and O–H groups in total. The SMILES string of the molecule is O=C(CN1CCC2(CC1)N=C(c1ccccn1)NO2)Nc1cc(F)ccc1F. The maximum absolute atomic E-state index is 13.6. The van der Waals surface area contributed by atoms with E-state index < -0.39 is 23.3 Å². The molecule has 2 aliphatic heterocycles. The van der Waals surface area contributed by atoms with Gasteiger partial charge in [0.2, 0.25) is 5.91 Å². The van der Waals surface area contributed by atoms with Crippen molar-refractivity contribution in [2.75, 3.05) is 25.0 Å². The first kappa shape index (κ1) is 18.5. The minimum absolute atomic E-state index is 0.0796. The fourth-order valence-corrected chi connectivity index (χ4v) is 3.27. The molecule has 2 aromatic rings. The number of carbonyl (C=O) groups is 1. The van der Waals surface area contributed by atoms with E-state index in [9.17, 15) is 13.6 Å². The number of rotatable bonds is 4. The number of nitrogens with zero attached hydrogens (tertiary/aromatic N) is 3. The summed E-state index contributed by atoms with van der Waals surface area (Å²) in [4.78, 5) is 28.7. The molecule has 0 radical (unpaired) electrons. The standard InChI is InChI=1S/C19H19F2N5O2/c20-13-4-5-14(21)16(11-13)23-17(27)12-26-9-6-19(7-10-26)24-18(25-28-19)15-3-1-2-8-22-15/h1-5,8,11H,6-7,9-10,12H2,(H,23,27)(H,24,25). The zero-order chi connectivity index (χ0) is 19.6. The molecule has 0 aliphatic carbocycles. The number of nitrogens with one attached hydrogen (secondary N) is 2. The van der Waals surface area contributed by atoms with Gasteiger partial charge in [-0.15, -0.1) is 0 Å². The normalized spacial score (nSPS) is 18.6. The zero-order valence-corrected chi connectivity index (χ0v) is 15.0.